The van der Waals surface area contributed by atoms with Gasteiger partial charge in [-0.1, -0.05) is 0 Å². The van der Waals surface area contributed by atoms with Gasteiger partial charge in [0.2, 0.25) is 0 Å². The molecule has 0 radical (unpaired) electrons. The lowest BCUT2D eigenvalue weighted by molar-refractivity contribution is -0.186. The topological polar surface area (TPSA) is 15.3 Å². The Morgan fingerprint density at radius 3 is 2.18 bits per heavy atom. The van der Waals surface area contributed by atoms with Crippen LogP contribution in [0.2, 0.25) is 0 Å². The highest BCUT2D eigenvalue weighted by Gasteiger charge is 2.42. The SMILES string of the molecule is CC1CCC(N2CCC(C(F)(F)F)CC2)CN1. The summed E-state index contributed by atoms with van der Waals surface area (Å²) in [6.07, 6.45) is -1.20. The molecule has 0 bridgehead atoms. The highest BCUT2D eigenvalue weighted by atomic mass is 19.4. The molecule has 0 saturated carbocycles. The number of alkyl halides is 3. The van der Waals surface area contributed by atoms with Crippen LogP contribution >= 0.6 is 0 Å². The minimum Gasteiger partial charge on any atom is -0.313 e. The van der Waals surface area contributed by atoms with Gasteiger partial charge in [0.05, 0.1) is 5.92 Å². The summed E-state index contributed by atoms with van der Waals surface area (Å²) >= 11 is 0. The first-order valence-corrected chi connectivity index (χ1v) is 6.51. The molecular weight excluding hydrogens is 229 g/mol. The van der Waals surface area contributed by atoms with Gasteiger partial charge in [-0.25, -0.2) is 0 Å². The van der Waals surface area contributed by atoms with Crippen LogP contribution in [-0.2, 0) is 0 Å². The molecule has 0 aromatic rings. The fourth-order valence-electron chi connectivity index (χ4n) is 2.89. The van der Waals surface area contributed by atoms with Crippen molar-refractivity contribution in [3.8, 4) is 0 Å². The molecular formula is C12H21F3N2. The first-order valence-electron chi connectivity index (χ1n) is 6.51. The molecule has 0 amide bonds. The zero-order valence-electron chi connectivity index (χ0n) is 10.3. The van der Waals surface area contributed by atoms with E-state index in [1.807, 2.05) is 0 Å². The largest absolute Gasteiger partial charge is 0.391 e. The van der Waals surface area contributed by atoms with Gasteiger partial charge in [-0.05, 0) is 45.7 Å². The molecule has 0 aromatic carbocycles. The average Bonchev–Trinajstić information content (AvgIpc) is 2.29. The third-order valence-corrected chi connectivity index (χ3v) is 4.14. The maximum Gasteiger partial charge on any atom is 0.391 e. The minimum atomic E-state index is -3.99. The van der Waals surface area contributed by atoms with Crippen molar-refractivity contribution in [1.82, 2.24) is 10.2 Å². The van der Waals surface area contributed by atoms with E-state index in [1.54, 1.807) is 0 Å². The monoisotopic (exact) mass is 250 g/mol. The zero-order chi connectivity index (χ0) is 12.5. The molecule has 17 heavy (non-hydrogen) atoms. The van der Waals surface area contributed by atoms with E-state index in [0.717, 1.165) is 19.4 Å². The predicted molar refractivity (Wildman–Crippen MR) is 60.8 cm³/mol. The number of hydrogen-bond donors (Lipinski definition) is 1. The molecule has 2 aliphatic rings. The molecule has 2 rings (SSSR count). The van der Waals surface area contributed by atoms with E-state index in [0.29, 0.717) is 25.2 Å². The predicted octanol–water partition coefficient (Wildman–Crippen LogP) is 2.40. The van der Waals surface area contributed by atoms with Crippen molar-refractivity contribution in [3.63, 3.8) is 0 Å². The molecule has 2 unspecified atom stereocenters. The number of nitrogens with zero attached hydrogens (tertiary/aromatic N) is 1. The van der Waals surface area contributed by atoms with Crippen LogP contribution in [0.25, 0.3) is 0 Å². The van der Waals surface area contributed by atoms with Crippen LogP contribution in [0.1, 0.15) is 32.6 Å². The van der Waals surface area contributed by atoms with Crippen LogP contribution < -0.4 is 5.32 Å². The zero-order valence-corrected chi connectivity index (χ0v) is 10.3. The van der Waals surface area contributed by atoms with Gasteiger partial charge in [0.25, 0.3) is 0 Å². The number of halogens is 3. The molecule has 0 aromatic heterocycles. The lowest BCUT2D eigenvalue weighted by atomic mass is 9.93. The maximum absolute atomic E-state index is 12.5. The molecule has 2 nitrogen and oxygen atoms in total. The summed E-state index contributed by atoms with van der Waals surface area (Å²) in [7, 11) is 0. The summed E-state index contributed by atoms with van der Waals surface area (Å²) < 4.78 is 37.6. The van der Waals surface area contributed by atoms with Gasteiger partial charge >= 0.3 is 6.18 Å². The van der Waals surface area contributed by atoms with E-state index >= 15 is 0 Å². The van der Waals surface area contributed by atoms with Gasteiger partial charge in [0.15, 0.2) is 0 Å². The summed E-state index contributed by atoms with van der Waals surface area (Å²) in [5.74, 6) is -1.07. The van der Waals surface area contributed by atoms with Crippen LogP contribution in [0.4, 0.5) is 13.2 Å². The van der Waals surface area contributed by atoms with E-state index in [4.69, 9.17) is 0 Å². The number of likely N-dealkylation sites (tertiary alicyclic amines) is 1. The highest BCUT2D eigenvalue weighted by molar-refractivity contribution is 4.86. The molecule has 5 heteroatoms. The Kier molecular flexibility index (Phi) is 3.98. The van der Waals surface area contributed by atoms with Crippen molar-refractivity contribution in [2.45, 2.75) is 50.9 Å². The van der Waals surface area contributed by atoms with Crippen LogP contribution in [0.5, 0.6) is 0 Å². The van der Waals surface area contributed by atoms with Crippen LogP contribution in [0.15, 0.2) is 0 Å². The Morgan fingerprint density at radius 2 is 1.71 bits per heavy atom. The Hall–Kier alpha value is -0.290. The van der Waals surface area contributed by atoms with Gasteiger partial charge < -0.3 is 5.32 Å². The Balaban J connectivity index is 1.79. The first-order chi connectivity index (χ1) is 7.97. The van der Waals surface area contributed by atoms with Crippen LogP contribution in [0.3, 0.4) is 0 Å². The second kappa shape index (κ2) is 5.14. The van der Waals surface area contributed by atoms with Crippen LogP contribution in [0, 0.1) is 5.92 Å². The molecule has 2 aliphatic heterocycles. The lowest BCUT2D eigenvalue weighted by Crippen LogP contribution is -2.52. The Labute approximate surface area is 101 Å². The van der Waals surface area contributed by atoms with Crippen molar-refractivity contribution < 1.29 is 13.2 Å². The molecule has 1 N–H and O–H groups in total. The van der Waals surface area contributed by atoms with Crippen molar-refractivity contribution in [1.29, 1.82) is 0 Å². The fraction of sp³-hybridized carbons (Fsp3) is 1.00. The molecule has 0 aliphatic carbocycles. The summed E-state index contributed by atoms with van der Waals surface area (Å²) in [5, 5.41) is 3.41. The minimum absolute atomic E-state index is 0.273. The summed E-state index contributed by atoms with van der Waals surface area (Å²) in [5.41, 5.74) is 0. The number of rotatable bonds is 1. The summed E-state index contributed by atoms with van der Waals surface area (Å²) in [4.78, 5) is 2.24. The Morgan fingerprint density at radius 1 is 1.06 bits per heavy atom. The van der Waals surface area contributed by atoms with Gasteiger partial charge in [0, 0.05) is 18.6 Å². The second-order valence-corrected chi connectivity index (χ2v) is 5.39. The standard InChI is InChI=1S/C12H21F3N2/c1-9-2-3-11(8-16-9)17-6-4-10(5-7-17)12(13,14)15/h9-11,16H,2-8H2,1H3. The van der Waals surface area contributed by atoms with E-state index in [1.165, 1.54) is 0 Å². The van der Waals surface area contributed by atoms with Crippen molar-refractivity contribution >= 4 is 0 Å². The smallest absolute Gasteiger partial charge is 0.313 e. The molecule has 2 heterocycles. The summed E-state index contributed by atoms with van der Waals surface area (Å²) in [6, 6.07) is 0.999. The first kappa shape index (κ1) is 13.1. The Bertz CT molecular complexity index is 239. The van der Waals surface area contributed by atoms with E-state index in [9.17, 15) is 13.2 Å². The lowest BCUT2D eigenvalue weighted by Gasteiger charge is -2.41. The number of hydrogen-bond acceptors (Lipinski definition) is 2. The third kappa shape index (κ3) is 3.35. The average molecular weight is 250 g/mol. The van der Waals surface area contributed by atoms with Crippen molar-refractivity contribution in [3.05, 3.63) is 0 Å². The highest BCUT2D eigenvalue weighted by Crippen LogP contribution is 2.35. The number of piperidine rings is 2. The van der Waals surface area contributed by atoms with Crippen LogP contribution in [-0.4, -0.2) is 42.8 Å². The maximum atomic E-state index is 12.5. The second-order valence-electron chi connectivity index (χ2n) is 5.39. The van der Waals surface area contributed by atoms with Gasteiger partial charge in [-0.3, -0.25) is 4.90 Å². The molecule has 2 atom stereocenters. The van der Waals surface area contributed by atoms with E-state index in [-0.39, 0.29) is 12.8 Å². The molecule has 100 valence electrons. The third-order valence-electron chi connectivity index (χ3n) is 4.14. The van der Waals surface area contributed by atoms with Crippen molar-refractivity contribution in [2.24, 2.45) is 5.92 Å². The fourth-order valence-corrected chi connectivity index (χ4v) is 2.89. The quantitative estimate of drug-likeness (QED) is 0.768. The molecule has 2 fully saturated rings. The summed E-state index contributed by atoms with van der Waals surface area (Å²) in [6.45, 7) is 4.29. The normalized spacial score (nSPS) is 33.9. The van der Waals surface area contributed by atoms with Gasteiger partial charge in [-0.2, -0.15) is 13.2 Å². The van der Waals surface area contributed by atoms with E-state index < -0.39 is 12.1 Å². The van der Waals surface area contributed by atoms with Gasteiger partial charge in [0.1, 0.15) is 0 Å². The van der Waals surface area contributed by atoms with Crippen molar-refractivity contribution in [2.75, 3.05) is 19.6 Å². The molecule has 2 saturated heterocycles. The van der Waals surface area contributed by atoms with Gasteiger partial charge in [-0.15, -0.1) is 0 Å². The van der Waals surface area contributed by atoms with E-state index in [2.05, 4.69) is 17.1 Å². The molecule has 0 spiro atoms. The number of nitrogens with one attached hydrogen (secondary N) is 1.